The lowest BCUT2D eigenvalue weighted by molar-refractivity contribution is 0.0233. The highest BCUT2D eigenvalue weighted by Crippen LogP contribution is 2.24. The second-order valence-electron chi connectivity index (χ2n) is 5.01. The maximum atomic E-state index is 10.6. The third kappa shape index (κ3) is 3.59. The Labute approximate surface area is 120 Å². The molecule has 0 saturated carbocycles. The molecule has 20 heavy (non-hydrogen) atoms. The van der Waals surface area contributed by atoms with E-state index in [1.54, 1.807) is 0 Å². The van der Waals surface area contributed by atoms with E-state index in [2.05, 4.69) is 0 Å². The fourth-order valence-electron chi connectivity index (χ4n) is 2.08. The highest BCUT2D eigenvalue weighted by Gasteiger charge is 2.27. The number of ether oxygens (including phenoxy) is 1. The smallest absolute Gasteiger partial charge is 0.119 e. The molecule has 3 nitrogen and oxygen atoms in total. The third-order valence-corrected chi connectivity index (χ3v) is 3.45. The number of nitrogens with two attached hydrogens (primary N) is 1. The summed E-state index contributed by atoms with van der Waals surface area (Å²) in [5.41, 5.74) is 6.72. The molecular weight excluding hydrogens is 250 g/mol. The van der Waals surface area contributed by atoms with Crippen molar-refractivity contribution in [3.05, 3.63) is 65.7 Å². The van der Waals surface area contributed by atoms with Gasteiger partial charge in [-0.2, -0.15) is 0 Å². The van der Waals surface area contributed by atoms with Crippen molar-refractivity contribution >= 4 is 0 Å². The lowest BCUT2D eigenvalue weighted by Crippen LogP contribution is -2.36. The van der Waals surface area contributed by atoms with Crippen molar-refractivity contribution in [1.29, 1.82) is 0 Å². The molecule has 0 aromatic heterocycles. The molecule has 2 rings (SSSR count). The maximum absolute atomic E-state index is 10.6. The number of rotatable bonds is 6. The maximum Gasteiger partial charge on any atom is 0.119 e. The van der Waals surface area contributed by atoms with E-state index in [0.717, 1.165) is 11.3 Å². The van der Waals surface area contributed by atoms with Gasteiger partial charge in [0.15, 0.2) is 0 Å². The van der Waals surface area contributed by atoms with Gasteiger partial charge in [-0.05, 0) is 24.6 Å². The summed E-state index contributed by atoms with van der Waals surface area (Å²) < 4.78 is 5.66. The van der Waals surface area contributed by atoms with Crippen LogP contribution in [0.2, 0.25) is 0 Å². The van der Waals surface area contributed by atoms with Crippen LogP contribution in [0.3, 0.4) is 0 Å². The van der Waals surface area contributed by atoms with Gasteiger partial charge in [-0.25, -0.2) is 0 Å². The van der Waals surface area contributed by atoms with E-state index in [4.69, 9.17) is 10.5 Å². The van der Waals surface area contributed by atoms with Crippen LogP contribution in [0.5, 0.6) is 5.75 Å². The van der Waals surface area contributed by atoms with Crippen LogP contribution in [0.15, 0.2) is 54.6 Å². The van der Waals surface area contributed by atoms with Gasteiger partial charge in [0.2, 0.25) is 0 Å². The fraction of sp³-hybridized carbons (Fsp3) is 0.294. The van der Waals surface area contributed by atoms with E-state index in [9.17, 15) is 5.11 Å². The van der Waals surface area contributed by atoms with Crippen molar-refractivity contribution in [3.8, 4) is 5.75 Å². The van der Waals surface area contributed by atoms with Crippen molar-refractivity contribution in [2.75, 3.05) is 13.2 Å². The Hall–Kier alpha value is -1.84. The summed E-state index contributed by atoms with van der Waals surface area (Å²) in [6.07, 6.45) is 0.460. The standard InChI is InChI=1S/C17H21NO2/c1-14-7-9-16(10-8-14)20-12-11-17(19,13-18)15-5-3-2-4-6-15/h2-10,19H,11-13,18H2,1H3. The molecule has 2 aromatic carbocycles. The summed E-state index contributed by atoms with van der Waals surface area (Å²) in [6.45, 7) is 2.63. The monoisotopic (exact) mass is 271 g/mol. The molecule has 0 aliphatic heterocycles. The quantitative estimate of drug-likeness (QED) is 0.849. The lowest BCUT2D eigenvalue weighted by Gasteiger charge is -2.27. The molecule has 0 spiro atoms. The Morgan fingerprint density at radius 1 is 1.05 bits per heavy atom. The summed E-state index contributed by atoms with van der Waals surface area (Å²) in [4.78, 5) is 0. The number of aryl methyl sites for hydroxylation is 1. The Morgan fingerprint density at radius 3 is 2.30 bits per heavy atom. The van der Waals surface area contributed by atoms with Crippen molar-refractivity contribution < 1.29 is 9.84 Å². The van der Waals surface area contributed by atoms with Crippen LogP contribution in [-0.2, 0) is 5.60 Å². The minimum Gasteiger partial charge on any atom is -0.493 e. The van der Waals surface area contributed by atoms with Crippen LogP contribution >= 0.6 is 0 Å². The average molecular weight is 271 g/mol. The number of hydrogen-bond acceptors (Lipinski definition) is 3. The predicted octanol–water partition coefficient (Wildman–Crippen LogP) is 2.61. The van der Waals surface area contributed by atoms with Crippen LogP contribution < -0.4 is 10.5 Å². The molecule has 0 aliphatic rings. The molecule has 0 saturated heterocycles. The molecule has 0 radical (unpaired) electrons. The molecule has 0 fully saturated rings. The Morgan fingerprint density at radius 2 is 1.70 bits per heavy atom. The van der Waals surface area contributed by atoms with Crippen LogP contribution in [0.1, 0.15) is 17.5 Å². The van der Waals surface area contributed by atoms with Gasteiger partial charge in [-0.3, -0.25) is 0 Å². The number of benzene rings is 2. The Balaban J connectivity index is 1.96. The Bertz CT molecular complexity index is 524. The van der Waals surface area contributed by atoms with Gasteiger partial charge in [0.05, 0.1) is 6.61 Å². The van der Waals surface area contributed by atoms with E-state index in [1.807, 2.05) is 61.5 Å². The van der Waals surface area contributed by atoms with E-state index in [-0.39, 0.29) is 6.54 Å². The van der Waals surface area contributed by atoms with Crippen molar-refractivity contribution in [2.45, 2.75) is 18.9 Å². The van der Waals surface area contributed by atoms with E-state index in [1.165, 1.54) is 5.56 Å². The largest absolute Gasteiger partial charge is 0.493 e. The fourth-order valence-corrected chi connectivity index (χ4v) is 2.08. The first-order chi connectivity index (χ1) is 9.64. The molecule has 2 aromatic rings. The molecule has 1 atom stereocenters. The van der Waals surface area contributed by atoms with E-state index < -0.39 is 5.60 Å². The van der Waals surface area contributed by atoms with Gasteiger partial charge in [0, 0.05) is 13.0 Å². The first kappa shape index (κ1) is 14.6. The van der Waals surface area contributed by atoms with E-state index >= 15 is 0 Å². The summed E-state index contributed by atoms with van der Waals surface area (Å²) in [6, 6.07) is 17.4. The molecule has 106 valence electrons. The van der Waals surface area contributed by atoms with Gasteiger partial charge in [-0.1, -0.05) is 48.0 Å². The summed E-state index contributed by atoms with van der Waals surface area (Å²) in [5.74, 6) is 0.808. The zero-order chi connectivity index (χ0) is 14.4. The van der Waals surface area contributed by atoms with Crippen molar-refractivity contribution in [1.82, 2.24) is 0 Å². The highest BCUT2D eigenvalue weighted by atomic mass is 16.5. The summed E-state index contributed by atoms with van der Waals surface area (Å²) >= 11 is 0. The van der Waals surface area contributed by atoms with Crippen molar-refractivity contribution in [2.24, 2.45) is 5.73 Å². The summed E-state index contributed by atoms with van der Waals surface area (Å²) in [5, 5.41) is 10.6. The molecular formula is C17H21NO2. The second kappa shape index (κ2) is 6.55. The average Bonchev–Trinajstić information content (AvgIpc) is 2.50. The summed E-state index contributed by atoms with van der Waals surface area (Å²) in [7, 11) is 0. The van der Waals surface area contributed by atoms with Gasteiger partial charge in [-0.15, -0.1) is 0 Å². The molecule has 3 N–H and O–H groups in total. The SMILES string of the molecule is Cc1ccc(OCCC(O)(CN)c2ccccc2)cc1. The second-order valence-corrected chi connectivity index (χ2v) is 5.01. The highest BCUT2D eigenvalue weighted by molar-refractivity contribution is 5.26. The van der Waals surface area contributed by atoms with Gasteiger partial charge in [0.25, 0.3) is 0 Å². The Kier molecular flexibility index (Phi) is 4.77. The first-order valence-corrected chi connectivity index (χ1v) is 6.81. The first-order valence-electron chi connectivity index (χ1n) is 6.81. The zero-order valence-corrected chi connectivity index (χ0v) is 11.8. The van der Waals surface area contributed by atoms with Gasteiger partial charge >= 0.3 is 0 Å². The minimum atomic E-state index is -1.04. The number of aliphatic hydroxyl groups is 1. The zero-order valence-electron chi connectivity index (χ0n) is 11.8. The lowest BCUT2D eigenvalue weighted by atomic mass is 9.91. The normalized spacial score (nSPS) is 13.8. The third-order valence-electron chi connectivity index (χ3n) is 3.45. The molecule has 0 aliphatic carbocycles. The van der Waals surface area contributed by atoms with E-state index in [0.29, 0.717) is 13.0 Å². The molecule has 0 heterocycles. The van der Waals surface area contributed by atoms with Gasteiger partial charge < -0.3 is 15.6 Å². The molecule has 0 amide bonds. The molecule has 0 bridgehead atoms. The molecule has 3 heteroatoms. The predicted molar refractivity (Wildman–Crippen MR) is 80.7 cm³/mol. The number of hydrogen-bond donors (Lipinski definition) is 2. The minimum absolute atomic E-state index is 0.175. The topological polar surface area (TPSA) is 55.5 Å². The van der Waals surface area contributed by atoms with Gasteiger partial charge in [0.1, 0.15) is 11.4 Å². The van der Waals surface area contributed by atoms with Crippen molar-refractivity contribution in [3.63, 3.8) is 0 Å². The van der Waals surface area contributed by atoms with Crippen LogP contribution in [0.4, 0.5) is 0 Å². The van der Waals surface area contributed by atoms with Crippen LogP contribution in [-0.4, -0.2) is 18.3 Å². The molecule has 1 unspecified atom stereocenters. The van der Waals surface area contributed by atoms with Crippen LogP contribution in [0, 0.1) is 6.92 Å². The van der Waals surface area contributed by atoms with Crippen LogP contribution in [0.25, 0.3) is 0 Å².